The minimum Gasteiger partial charge on any atom is -0.444 e. The number of ether oxygens (including phenoxy) is 1. The van der Waals surface area contributed by atoms with E-state index >= 15 is 0 Å². The number of benzene rings is 1. The molecular formula is C28H29N7O4. The summed E-state index contributed by atoms with van der Waals surface area (Å²) in [5.74, 6) is 0.184. The molecule has 2 aliphatic rings. The molecule has 0 N–H and O–H groups in total. The van der Waals surface area contributed by atoms with Crippen LogP contribution in [-0.4, -0.2) is 67.8 Å². The first-order valence-corrected chi connectivity index (χ1v) is 12.9. The van der Waals surface area contributed by atoms with Crippen LogP contribution in [0.1, 0.15) is 73.6 Å². The van der Waals surface area contributed by atoms with Gasteiger partial charge in [0.15, 0.2) is 11.4 Å². The molecule has 2 amide bonds. The van der Waals surface area contributed by atoms with Gasteiger partial charge in [0.05, 0.1) is 11.3 Å². The zero-order valence-electron chi connectivity index (χ0n) is 22.3. The van der Waals surface area contributed by atoms with E-state index in [1.165, 1.54) is 17.1 Å². The second-order valence-corrected chi connectivity index (χ2v) is 10.9. The van der Waals surface area contributed by atoms with Crippen LogP contribution in [0.2, 0.25) is 0 Å². The molecule has 1 saturated heterocycles. The summed E-state index contributed by atoms with van der Waals surface area (Å²) in [6, 6.07) is 9.73. The monoisotopic (exact) mass is 527 g/mol. The Hall–Kier alpha value is -4.64. The second kappa shape index (κ2) is 9.91. The first-order chi connectivity index (χ1) is 18.6. The van der Waals surface area contributed by atoms with Gasteiger partial charge in [0.1, 0.15) is 29.6 Å². The van der Waals surface area contributed by atoms with Crippen LogP contribution in [0.3, 0.4) is 0 Å². The number of piperazine rings is 1. The lowest BCUT2D eigenvalue weighted by atomic mass is 10.1. The van der Waals surface area contributed by atoms with Crippen LogP contribution in [0.5, 0.6) is 0 Å². The highest BCUT2D eigenvalue weighted by molar-refractivity contribution is 5.92. The van der Waals surface area contributed by atoms with Crippen molar-refractivity contribution >= 4 is 12.0 Å². The van der Waals surface area contributed by atoms with E-state index in [0.717, 1.165) is 18.4 Å². The van der Waals surface area contributed by atoms with Gasteiger partial charge in [-0.1, -0.05) is 6.07 Å². The third kappa shape index (κ3) is 5.34. The fourth-order valence-corrected chi connectivity index (χ4v) is 4.63. The molecule has 0 bridgehead atoms. The molecule has 11 heteroatoms. The molecule has 5 rings (SSSR count). The smallest absolute Gasteiger partial charge is 0.410 e. The Morgan fingerprint density at radius 1 is 1.13 bits per heavy atom. The number of nitriles is 2. The SMILES string of the molecule is C[C@H]1CN(C(=O)c2coc(-c3nn(-c4ccc(C5CC5)cc4C#N)cc3C#N)n2)CCN1C(=O)OC(C)(C)C. The third-order valence-electron chi connectivity index (χ3n) is 6.74. The van der Waals surface area contributed by atoms with Crippen molar-refractivity contribution in [2.45, 2.75) is 58.1 Å². The Bertz CT molecular complexity index is 1510. The molecule has 1 saturated carbocycles. The lowest BCUT2D eigenvalue weighted by molar-refractivity contribution is 0.00189. The fraction of sp³-hybridized carbons (Fsp3) is 0.429. The summed E-state index contributed by atoms with van der Waals surface area (Å²) in [5, 5.41) is 23.9. The summed E-state index contributed by atoms with van der Waals surface area (Å²) in [6.45, 7) is 8.25. The number of hydrogen-bond acceptors (Lipinski definition) is 8. The maximum absolute atomic E-state index is 13.2. The lowest BCUT2D eigenvalue weighted by Crippen LogP contribution is -2.56. The predicted octanol–water partition coefficient (Wildman–Crippen LogP) is 4.23. The van der Waals surface area contributed by atoms with Crippen molar-refractivity contribution in [1.29, 1.82) is 10.5 Å². The van der Waals surface area contributed by atoms with Crippen LogP contribution in [0, 0.1) is 22.7 Å². The van der Waals surface area contributed by atoms with Gasteiger partial charge in [0.2, 0.25) is 5.89 Å². The Kier molecular flexibility index (Phi) is 6.61. The normalized spacial score (nSPS) is 17.4. The molecule has 3 aromatic rings. The van der Waals surface area contributed by atoms with Crippen molar-refractivity contribution in [3.63, 3.8) is 0 Å². The molecule has 0 unspecified atom stereocenters. The topological polar surface area (TPSA) is 141 Å². The highest BCUT2D eigenvalue weighted by Gasteiger charge is 2.34. The van der Waals surface area contributed by atoms with Crippen LogP contribution in [-0.2, 0) is 4.74 Å². The molecule has 2 aromatic heterocycles. The van der Waals surface area contributed by atoms with Crippen molar-refractivity contribution in [3.8, 4) is 29.4 Å². The Labute approximate surface area is 226 Å². The molecule has 1 atom stereocenters. The molecule has 3 heterocycles. The number of carbonyl (C=O) groups excluding carboxylic acids is 2. The maximum atomic E-state index is 13.2. The average Bonchev–Trinajstić information content (AvgIpc) is 3.47. The van der Waals surface area contributed by atoms with E-state index in [9.17, 15) is 20.1 Å². The number of amides is 2. The molecule has 0 radical (unpaired) electrons. The number of carbonyl (C=O) groups is 2. The first-order valence-electron chi connectivity index (χ1n) is 12.9. The summed E-state index contributed by atoms with van der Waals surface area (Å²) in [7, 11) is 0. The van der Waals surface area contributed by atoms with Gasteiger partial charge < -0.3 is 19.0 Å². The van der Waals surface area contributed by atoms with E-state index in [4.69, 9.17) is 9.15 Å². The molecule has 39 heavy (non-hydrogen) atoms. The van der Waals surface area contributed by atoms with Crippen molar-refractivity contribution < 1.29 is 18.7 Å². The fourth-order valence-electron chi connectivity index (χ4n) is 4.63. The summed E-state index contributed by atoms with van der Waals surface area (Å²) in [6.07, 6.45) is 4.60. The largest absolute Gasteiger partial charge is 0.444 e. The second-order valence-electron chi connectivity index (χ2n) is 10.9. The molecule has 1 aliphatic carbocycles. The Balaban J connectivity index is 1.33. The van der Waals surface area contributed by atoms with Gasteiger partial charge in [-0.25, -0.2) is 14.5 Å². The van der Waals surface area contributed by atoms with Crippen molar-refractivity contribution in [3.05, 3.63) is 53.0 Å². The Morgan fingerprint density at radius 3 is 2.51 bits per heavy atom. The van der Waals surface area contributed by atoms with Crippen molar-refractivity contribution in [2.75, 3.05) is 19.6 Å². The van der Waals surface area contributed by atoms with Gasteiger partial charge in [-0.2, -0.15) is 15.6 Å². The van der Waals surface area contributed by atoms with Crippen molar-refractivity contribution in [1.82, 2.24) is 24.6 Å². The quantitative estimate of drug-likeness (QED) is 0.491. The van der Waals surface area contributed by atoms with Gasteiger partial charge in [-0.3, -0.25) is 4.79 Å². The van der Waals surface area contributed by atoms with E-state index in [1.54, 1.807) is 9.80 Å². The van der Waals surface area contributed by atoms with E-state index in [0.29, 0.717) is 36.8 Å². The van der Waals surface area contributed by atoms with Crippen LogP contribution in [0.15, 0.2) is 35.1 Å². The number of nitrogens with zero attached hydrogens (tertiary/aromatic N) is 7. The summed E-state index contributed by atoms with van der Waals surface area (Å²) in [4.78, 5) is 33.3. The summed E-state index contributed by atoms with van der Waals surface area (Å²) in [5.41, 5.74) is 1.98. The van der Waals surface area contributed by atoms with E-state index in [-0.39, 0.29) is 34.8 Å². The van der Waals surface area contributed by atoms with Gasteiger partial charge in [0, 0.05) is 31.9 Å². The van der Waals surface area contributed by atoms with Gasteiger partial charge >= 0.3 is 6.09 Å². The van der Waals surface area contributed by atoms with Gasteiger partial charge in [-0.15, -0.1) is 0 Å². The highest BCUT2D eigenvalue weighted by atomic mass is 16.6. The van der Waals surface area contributed by atoms with Gasteiger partial charge in [-0.05, 0) is 64.2 Å². The van der Waals surface area contributed by atoms with Crippen LogP contribution in [0.4, 0.5) is 4.79 Å². The van der Waals surface area contributed by atoms with E-state index < -0.39 is 11.7 Å². The van der Waals surface area contributed by atoms with E-state index in [2.05, 4.69) is 22.2 Å². The molecule has 1 aromatic carbocycles. The zero-order chi connectivity index (χ0) is 27.9. The number of hydrogen-bond donors (Lipinski definition) is 0. The maximum Gasteiger partial charge on any atom is 0.410 e. The molecular weight excluding hydrogens is 498 g/mol. The zero-order valence-corrected chi connectivity index (χ0v) is 22.3. The minimum absolute atomic E-state index is 0.0298. The summed E-state index contributed by atoms with van der Waals surface area (Å²) >= 11 is 0. The summed E-state index contributed by atoms with van der Waals surface area (Å²) < 4.78 is 12.5. The third-order valence-corrected chi connectivity index (χ3v) is 6.74. The van der Waals surface area contributed by atoms with Crippen molar-refractivity contribution in [2.24, 2.45) is 0 Å². The molecule has 0 spiro atoms. The van der Waals surface area contributed by atoms with Crippen LogP contribution in [0.25, 0.3) is 17.3 Å². The minimum atomic E-state index is -0.605. The average molecular weight is 528 g/mol. The van der Waals surface area contributed by atoms with Gasteiger partial charge in [0.25, 0.3) is 5.91 Å². The Morgan fingerprint density at radius 2 is 1.87 bits per heavy atom. The molecule has 11 nitrogen and oxygen atoms in total. The number of rotatable bonds is 4. The van der Waals surface area contributed by atoms with E-state index in [1.807, 2.05) is 45.9 Å². The predicted molar refractivity (Wildman–Crippen MR) is 139 cm³/mol. The van der Waals surface area contributed by atoms with Crippen LogP contribution >= 0.6 is 0 Å². The highest BCUT2D eigenvalue weighted by Crippen LogP contribution is 2.40. The molecule has 200 valence electrons. The number of aromatic nitrogens is 3. The molecule has 2 fully saturated rings. The molecule has 1 aliphatic heterocycles. The van der Waals surface area contributed by atoms with Crippen LogP contribution < -0.4 is 0 Å². The number of oxazole rings is 1. The standard InChI is InChI=1S/C28H29N7O4/c1-17-14-33(9-10-34(17)27(37)39-28(2,3)4)26(36)22-16-38-25(31-22)24-21(13-30)15-35(32-24)23-8-7-19(18-5-6-18)11-20(23)12-29/h7-8,11,15-18H,5-6,9-10,14H2,1-4H3/t17-/m0/s1. The first kappa shape index (κ1) is 26.0. The lowest BCUT2D eigenvalue weighted by Gasteiger charge is -2.39.